The normalized spacial score (nSPS) is 26.8. The van der Waals surface area contributed by atoms with Crippen LogP contribution in [0.25, 0.3) is 0 Å². The number of carbonyl (C=O) groups excluding carboxylic acids is 1. The highest BCUT2D eigenvalue weighted by molar-refractivity contribution is 5.81. The molecule has 1 aromatic rings. The van der Waals surface area contributed by atoms with Crippen LogP contribution < -0.4 is 0 Å². The number of hydrogen-bond acceptors (Lipinski definition) is 2. The van der Waals surface area contributed by atoms with E-state index in [9.17, 15) is 23.1 Å². The third-order valence-electron chi connectivity index (χ3n) is 3.27. The number of alkyl halides is 3. The van der Waals surface area contributed by atoms with Gasteiger partial charge in [-0.25, -0.2) is 0 Å². The number of benzene rings is 1. The minimum Gasteiger partial charge on any atom is -0.380 e. The summed E-state index contributed by atoms with van der Waals surface area (Å²) in [5.74, 6) is 4.03. The van der Waals surface area contributed by atoms with Crippen LogP contribution in [0.2, 0.25) is 0 Å². The molecule has 2 atom stereocenters. The molecule has 1 fully saturated rings. The molecule has 1 aliphatic carbocycles. The summed E-state index contributed by atoms with van der Waals surface area (Å²) < 4.78 is 38.4. The van der Waals surface area contributed by atoms with E-state index in [0.29, 0.717) is 5.56 Å². The lowest BCUT2D eigenvalue weighted by molar-refractivity contribution is -0.268. The Labute approximate surface area is 114 Å². The van der Waals surface area contributed by atoms with Gasteiger partial charge in [-0.05, 0) is 18.6 Å². The molecular weight excluding hydrogens is 269 g/mol. The Bertz CT molecular complexity index is 554. The third-order valence-corrected chi connectivity index (χ3v) is 3.27. The van der Waals surface area contributed by atoms with Gasteiger partial charge in [0.1, 0.15) is 5.78 Å². The van der Waals surface area contributed by atoms with Crippen molar-refractivity contribution in [1.82, 2.24) is 0 Å². The predicted molar refractivity (Wildman–Crippen MR) is 66.7 cm³/mol. The van der Waals surface area contributed by atoms with Crippen molar-refractivity contribution in [2.24, 2.45) is 5.92 Å². The summed E-state index contributed by atoms with van der Waals surface area (Å²) in [6.07, 6.45) is -6.28. The topological polar surface area (TPSA) is 37.3 Å². The lowest BCUT2D eigenvalue weighted by atomic mass is 9.77. The van der Waals surface area contributed by atoms with E-state index in [-0.39, 0.29) is 6.42 Å². The van der Waals surface area contributed by atoms with Crippen LogP contribution in [-0.2, 0) is 4.79 Å². The van der Waals surface area contributed by atoms with E-state index < -0.39 is 36.3 Å². The van der Waals surface area contributed by atoms with Crippen LogP contribution in [0, 0.1) is 17.8 Å². The molecule has 0 unspecified atom stereocenters. The fourth-order valence-electron chi connectivity index (χ4n) is 2.25. The van der Waals surface area contributed by atoms with E-state index in [1.807, 2.05) is 0 Å². The van der Waals surface area contributed by atoms with E-state index in [4.69, 9.17) is 0 Å². The second-order valence-corrected chi connectivity index (χ2v) is 4.99. The molecule has 1 aromatic carbocycles. The highest BCUT2D eigenvalue weighted by Gasteiger charge is 2.57. The lowest BCUT2D eigenvalue weighted by Gasteiger charge is -2.35. The number of Topliss-reactive ketones (excluding diaryl/α,β-unsaturated/α-hetero) is 1. The van der Waals surface area contributed by atoms with E-state index in [1.165, 1.54) is 0 Å². The Hall–Kier alpha value is -1.80. The van der Waals surface area contributed by atoms with Crippen molar-refractivity contribution in [3.8, 4) is 11.8 Å². The van der Waals surface area contributed by atoms with Gasteiger partial charge in [-0.3, -0.25) is 4.79 Å². The Morgan fingerprint density at radius 3 is 2.50 bits per heavy atom. The number of hydrogen-bond donors (Lipinski definition) is 1. The Kier molecular flexibility index (Phi) is 3.87. The summed E-state index contributed by atoms with van der Waals surface area (Å²) in [5, 5.41) is 9.63. The molecule has 2 rings (SSSR count). The van der Waals surface area contributed by atoms with Crippen molar-refractivity contribution < 1.29 is 23.1 Å². The molecule has 0 bridgehead atoms. The van der Waals surface area contributed by atoms with Crippen molar-refractivity contribution in [2.75, 3.05) is 0 Å². The van der Waals surface area contributed by atoms with Crippen molar-refractivity contribution in [2.45, 2.75) is 31.0 Å². The Morgan fingerprint density at radius 2 is 1.90 bits per heavy atom. The maximum absolute atomic E-state index is 12.8. The molecule has 2 nitrogen and oxygen atoms in total. The quantitative estimate of drug-likeness (QED) is 0.743. The molecule has 0 spiro atoms. The maximum Gasteiger partial charge on any atom is 0.417 e. The molecule has 20 heavy (non-hydrogen) atoms. The SMILES string of the molecule is O=C1C[C@H](C#Cc2ccccc2)C[C@](O)(C(F)(F)F)C1. The first-order chi connectivity index (χ1) is 9.30. The summed E-state index contributed by atoms with van der Waals surface area (Å²) in [7, 11) is 0. The standard InChI is InChI=1S/C15H13F3O2/c16-15(17,18)14(20)9-12(8-13(19)10-14)7-6-11-4-2-1-3-5-11/h1-5,12,20H,8-10H2/t12-,14+/m0/s1. The zero-order valence-electron chi connectivity index (χ0n) is 10.6. The highest BCUT2D eigenvalue weighted by atomic mass is 19.4. The van der Waals surface area contributed by atoms with Crippen molar-refractivity contribution in [1.29, 1.82) is 0 Å². The molecular formula is C15H13F3O2. The molecule has 0 amide bonds. The van der Waals surface area contributed by atoms with Gasteiger partial charge in [0, 0.05) is 24.3 Å². The third kappa shape index (κ3) is 3.20. The zero-order chi connectivity index (χ0) is 14.8. The van der Waals surface area contributed by atoms with Crippen molar-refractivity contribution in [3.05, 3.63) is 35.9 Å². The van der Waals surface area contributed by atoms with Crippen molar-refractivity contribution in [3.63, 3.8) is 0 Å². The minimum atomic E-state index is -4.81. The molecule has 0 radical (unpaired) electrons. The first-order valence-corrected chi connectivity index (χ1v) is 6.17. The average molecular weight is 282 g/mol. The van der Waals surface area contributed by atoms with Gasteiger partial charge in [0.25, 0.3) is 0 Å². The summed E-state index contributed by atoms with van der Waals surface area (Å²) in [4.78, 5) is 11.4. The first-order valence-electron chi connectivity index (χ1n) is 6.17. The van der Waals surface area contributed by atoms with Crippen LogP contribution in [0.5, 0.6) is 0 Å². The molecule has 5 heteroatoms. The number of rotatable bonds is 0. The largest absolute Gasteiger partial charge is 0.417 e. The zero-order valence-corrected chi connectivity index (χ0v) is 10.6. The van der Waals surface area contributed by atoms with Gasteiger partial charge in [0.05, 0.1) is 0 Å². The van der Waals surface area contributed by atoms with Gasteiger partial charge in [0.15, 0.2) is 5.60 Å². The summed E-state index contributed by atoms with van der Waals surface area (Å²) in [5.41, 5.74) is -2.28. The van der Waals surface area contributed by atoms with Crippen LogP contribution in [-0.4, -0.2) is 22.7 Å². The Balaban J connectivity index is 2.18. The molecule has 0 heterocycles. The Morgan fingerprint density at radius 1 is 1.25 bits per heavy atom. The van der Waals surface area contributed by atoms with Gasteiger partial charge in [-0.2, -0.15) is 13.2 Å². The highest BCUT2D eigenvalue weighted by Crippen LogP contribution is 2.42. The van der Waals surface area contributed by atoms with E-state index in [2.05, 4.69) is 11.8 Å². The predicted octanol–water partition coefficient (Wildman–Crippen LogP) is 2.70. The second kappa shape index (κ2) is 5.29. The average Bonchev–Trinajstić information content (AvgIpc) is 2.35. The minimum absolute atomic E-state index is 0.0434. The molecule has 0 saturated heterocycles. The lowest BCUT2D eigenvalue weighted by Crippen LogP contribution is -2.50. The number of aliphatic hydroxyl groups is 1. The molecule has 1 saturated carbocycles. The fourth-order valence-corrected chi connectivity index (χ4v) is 2.25. The van der Waals surface area contributed by atoms with Gasteiger partial charge in [-0.15, -0.1) is 0 Å². The number of halogens is 3. The van der Waals surface area contributed by atoms with Crippen LogP contribution in [0.1, 0.15) is 24.8 Å². The molecule has 0 aliphatic heterocycles. The van der Waals surface area contributed by atoms with E-state index in [0.717, 1.165) is 0 Å². The number of ketones is 1. The van der Waals surface area contributed by atoms with Crippen LogP contribution in [0.4, 0.5) is 13.2 Å². The van der Waals surface area contributed by atoms with E-state index in [1.54, 1.807) is 30.3 Å². The van der Waals surface area contributed by atoms with Gasteiger partial charge in [-0.1, -0.05) is 30.0 Å². The van der Waals surface area contributed by atoms with Gasteiger partial charge < -0.3 is 5.11 Å². The summed E-state index contributed by atoms with van der Waals surface area (Å²) in [6, 6.07) is 8.79. The van der Waals surface area contributed by atoms with Crippen LogP contribution in [0.3, 0.4) is 0 Å². The molecule has 106 valence electrons. The number of carbonyl (C=O) groups is 1. The second-order valence-electron chi connectivity index (χ2n) is 4.99. The van der Waals surface area contributed by atoms with Crippen LogP contribution >= 0.6 is 0 Å². The van der Waals surface area contributed by atoms with Crippen LogP contribution in [0.15, 0.2) is 30.3 Å². The van der Waals surface area contributed by atoms with Gasteiger partial charge >= 0.3 is 6.18 Å². The summed E-state index contributed by atoms with van der Waals surface area (Å²) in [6.45, 7) is 0. The van der Waals surface area contributed by atoms with E-state index >= 15 is 0 Å². The first kappa shape index (κ1) is 14.6. The molecule has 0 aromatic heterocycles. The molecule has 1 aliphatic rings. The maximum atomic E-state index is 12.8. The van der Waals surface area contributed by atoms with Gasteiger partial charge in [0.2, 0.25) is 0 Å². The summed E-state index contributed by atoms with van der Waals surface area (Å²) >= 11 is 0. The fraction of sp³-hybridized carbons (Fsp3) is 0.400. The molecule has 1 N–H and O–H groups in total. The smallest absolute Gasteiger partial charge is 0.380 e. The monoisotopic (exact) mass is 282 g/mol. The van der Waals surface area contributed by atoms with Crippen molar-refractivity contribution >= 4 is 5.78 Å².